The van der Waals surface area contributed by atoms with Crippen LogP contribution in [-0.2, 0) is 20.2 Å². The van der Waals surface area contributed by atoms with Gasteiger partial charge in [0.2, 0.25) is 5.91 Å². The molecule has 0 spiro atoms. The van der Waals surface area contributed by atoms with Crippen LogP contribution in [0.15, 0.2) is 77.7 Å². The number of benzene rings is 3. The number of aryl methyl sites for hydroxylation is 1. The Kier molecular flexibility index (Phi) is 8.22. The van der Waals surface area contributed by atoms with Crippen LogP contribution in [-0.4, -0.2) is 34.0 Å². The van der Waals surface area contributed by atoms with Crippen molar-refractivity contribution >= 4 is 21.6 Å². The number of para-hydroxylation sites is 1. The predicted octanol–water partition coefficient (Wildman–Crippen LogP) is 4.99. The maximum absolute atomic E-state index is 13.5. The number of carbonyl (C=O) groups excluding carboxylic acids is 1. The molecule has 35 heavy (non-hydrogen) atoms. The molecule has 3 aromatic carbocycles. The van der Waals surface area contributed by atoms with Crippen LogP contribution in [0.3, 0.4) is 0 Å². The van der Waals surface area contributed by atoms with Crippen molar-refractivity contribution in [3.05, 3.63) is 89.5 Å². The molecule has 0 radical (unpaired) electrons. The Balaban J connectivity index is 1.73. The molecule has 3 aromatic rings. The molecule has 0 unspecified atom stereocenters. The number of nitrogens with one attached hydrogen (secondary N) is 1. The van der Waals surface area contributed by atoms with Crippen LogP contribution in [0.1, 0.15) is 37.5 Å². The Morgan fingerprint density at radius 3 is 2.26 bits per heavy atom. The minimum absolute atomic E-state index is 0.0716. The van der Waals surface area contributed by atoms with Crippen LogP contribution in [0, 0.1) is 13.8 Å². The van der Waals surface area contributed by atoms with Gasteiger partial charge in [0.1, 0.15) is 18.9 Å². The second-order valence-corrected chi connectivity index (χ2v) is 11.4. The average Bonchev–Trinajstić information content (AvgIpc) is 2.82. The van der Waals surface area contributed by atoms with E-state index in [9.17, 15) is 13.2 Å². The largest absolute Gasteiger partial charge is 0.491 e. The van der Waals surface area contributed by atoms with Gasteiger partial charge >= 0.3 is 0 Å². The molecule has 186 valence electrons. The molecule has 0 saturated carbocycles. The third-order valence-corrected chi connectivity index (χ3v) is 7.61. The Bertz CT molecular complexity index is 1270. The highest BCUT2D eigenvalue weighted by Crippen LogP contribution is 2.31. The van der Waals surface area contributed by atoms with Crippen molar-refractivity contribution in [1.82, 2.24) is 5.32 Å². The van der Waals surface area contributed by atoms with E-state index in [0.29, 0.717) is 5.69 Å². The van der Waals surface area contributed by atoms with E-state index in [2.05, 4.69) is 26.1 Å². The van der Waals surface area contributed by atoms with Crippen molar-refractivity contribution < 1.29 is 17.9 Å². The fourth-order valence-corrected chi connectivity index (χ4v) is 5.27. The molecule has 7 heteroatoms. The molecule has 0 aromatic heterocycles. The SMILES string of the molecule is Cc1cccc(N(CC(=O)NCCOc2ccccc2C(C)(C)C)S(=O)(=O)c2ccccc2)c1C. The quantitative estimate of drug-likeness (QED) is 0.425. The first kappa shape index (κ1) is 26.3. The van der Waals surface area contributed by atoms with Gasteiger partial charge in [-0.25, -0.2) is 8.42 Å². The summed E-state index contributed by atoms with van der Waals surface area (Å²) in [6, 6.07) is 21.4. The summed E-state index contributed by atoms with van der Waals surface area (Å²) in [5.74, 6) is 0.371. The van der Waals surface area contributed by atoms with Crippen LogP contribution in [0.4, 0.5) is 5.69 Å². The summed E-state index contributed by atoms with van der Waals surface area (Å²) < 4.78 is 34.1. The minimum atomic E-state index is -3.94. The van der Waals surface area contributed by atoms with Crippen LogP contribution in [0.25, 0.3) is 0 Å². The molecule has 0 aliphatic heterocycles. The van der Waals surface area contributed by atoms with Gasteiger partial charge in [0.25, 0.3) is 10.0 Å². The molecule has 0 bridgehead atoms. The smallest absolute Gasteiger partial charge is 0.264 e. The van der Waals surface area contributed by atoms with Gasteiger partial charge in [0.15, 0.2) is 0 Å². The lowest BCUT2D eigenvalue weighted by Crippen LogP contribution is -2.42. The van der Waals surface area contributed by atoms with E-state index in [1.807, 2.05) is 44.2 Å². The zero-order valence-electron chi connectivity index (χ0n) is 21.0. The van der Waals surface area contributed by atoms with Gasteiger partial charge in [-0.1, -0.05) is 69.3 Å². The maximum atomic E-state index is 13.5. The van der Waals surface area contributed by atoms with Crippen molar-refractivity contribution in [2.75, 3.05) is 24.0 Å². The van der Waals surface area contributed by atoms with E-state index < -0.39 is 15.9 Å². The lowest BCUT2D eigenvalue weighted by Gasteiger charge is -2.26. The average molecular weight is 495 g/mol. The van der Waals surface area contributed by atoms with E-state index in [1.165, 1.54) is 16.4 Å². The number of sulfonamides is 1. The van der Waals surface area contributed by atoms with Crippen LogP contribution >= 0.6 is 0 Å². The van der Waals surface area contributed by atoms with Gasteiger partial charge in [0, 0.05) is 0 Å². The van der Waals surface area contributed by atoms with E-state index in [4.69, 9.17) is 4.74 Å². The van der Waals surface area contributed by atoms with Gasteiger partial charge in [-0.3, -0.25) is 9.10 Å². The predicted molar refractivity (Wildman–Crippen MR) is 141 cm³/mol. The van der Waals surface area contributed by atoms with E-state index in [1.54, 1.807) is 30.3 Å². The lowest BCUT2D eigenvalue weighted by atomic mass is 9.86. The molecule has 0 fully saturated rings. The lowest BCUT2D eigenvalue weighted by molar-refractivity contribution is -0.119. The van der Waals surface area contributed by atoms with Gasteiger partial charge in [-0.2, -0.15) is 0 Å². The fourth-order valence-electron chi connectivity index (χ4n) is 3.78. The van der Waals surface area contributed by atoms with Gasteiger partial charge < -0.3 is 10.1 Å². The number of carbonyl (C=O) groups is 1. The van der Waals surface area contributed by atoms with Crippen molar-refractivity contribution in [1.29, 1.82) is 0 Å². The number of anilines is 1. The first-order valence-corrected chi connectivity index (χ1v) is 13.1. The Morgan fingerprint density at radius 2 is 1.57 bits per heavy atom. The summed E-state index contributed by atoms with van der Waals surface area (Å²) in [6.07, 6.45) is 0. The topological polar surface area (TPSA) is 75.7 Å². The Labute approximate surface area is 209 Å². The van der Waals surface area contributed by atoms with Crippen molar-refractivity contribution in [2.45, 2.75) is 44.9 Å². The summed E-state index contributed by atoms with van der Waals surface area (Å²) >= 11 is 0. The summed E-state index contributed by atoms with van der Waals surface area (Å²) in [4.78, 5) is 13.0. The fraction of sp³-hybridized carbons (Fsp3) is 0.321. The molecule has 6 nitrogen and oxygen atoms in total. The second kappa shape index (κ2) is 11.0. The number of nitrogens with zero attached hydrogens (tertiary/aromatic N) is 1. The minimum Gasteiger partial charge on any atom is -0.491 e. The summed E-state index contributed by atoms with van der Waals surface area (Å²) in [7, 11) is -3.94. The zero-order chi connectivity index (χ0) is 25.6. The first-order chi connectivity index (χ1) is 16.5. The van der Waals surface area contributed by atoms with Crippen LogP contribution in [0.5, 0.6) is 5.75 Å². The van der Waals surface area contributed by atoms with Crippen LogP contribution in [0.2, 0.25) is 0 Å². The molecule has 0 aliphatic rings. The van der Waals surface area contributed by atoms with Gasteiger partial charge in [0.05, 0.1) is 17.1 Å². The molecule has 1 N–H and O–H groups in total. The monoisotopic (exact) mass is 494 g/mol. The molecule has 0 aliphatic carbocycles. The van der Waals surface area contributed by atoms with Crippen molar-refractivity contribution in [3.8, 4) is 5.75 Å². The Morgan fingerprint density at radius 1 is 0.914 bits per heavy atom. The van der Waals surface area contributed by atoms with Crippen molar-refractivity contribution in [2.24, 2.45) is 0 Å². The number of ether oxygens (including phenoxy) is 1. The summed E-state index contributed by atoms with van der Waals surface area (Å²) in [5.41, 5.74) is 3.25. The molecule has 0 atom stereocenters. The molecular weight excluding hydrogens is 460 g/mol. The first-order valence-electron chi connectivity index (χ1n) is 11.6. The van der Waals surface area contributed by atoms with E-state index >= 15 is 0 Å². The van der Waals surface area contributed by atoms with Gasteiger partial charge in [-0.05, 0) is 60.2 Å². The van der Waals surface area contributed by atoms with Crippen LogP contribution < -0.4 is 14.4 Å². The number of amides is 1. The molecule has 0 heterocycles. The maximum Gasteiger partial charge on any atom is 0.264 e. The number of hydrogen-bond donors (Lipinski definition) is 1. The number of hydrogen-bond acceptors (Lipinski definition) is 4. The highest BCUT2D eigenvalue weighted by Gasteiger charge is 2.28. The highest BCUT2D eigenvalue weighted by atomic mass is 32.2. The summed E-state index contributed by atoms with van der Waals surface area (Å²) in [6.45, 7) is 10.3. The Hall–Kier alpha value is -3.32. The third-order valence-electron chi connectivity index (χ3n) is 5.84. The van der Waals surface area contributed by atoms with E-state index in [-0.39, 0.29) is 30.0 Å². The third kappa shape index (κ3) is 6.42. The molecule has 3 rings (SSSR count). The summed E-state index contributed by atoms with van der Waals surface area (Å²) in [5, 5.41) is 2.80. The normalized spacial score (nSPS) is 11.7. The standard InChI is InChI=1S/C28H34N2O4S/c1-21-12-11-16-25(22(21)2)30(35(32,33)23-13-7-6-8-14-23)20-27(31)29-18-19-34-26-17-10-9-15-24(26)28(3,4)5/h6-17H,18-20H2,1-5H3,(H,29,31). The molecular formula is C28H34N2O4S. The zero-order valence-corrected chi connectivity index (χ0v) is 21.9. The van der Waals surface area contributed by atoms with E-state index in [0.717, 1.165) is 22.4 Å². The number of rotatable bonds is 9. The highest BCUT2D eigenvalue weighted by molar-refractivity contribution is 7.92. The van der Waals surface area contributed by atoms with Crippen molar-refractivity contribution in [3.63, 3.8) is 0 Å². The molecule has 1 amide bonds. The van der Waals surface area contributed by atoms with Gasteiger partial charge in [-0.15, -0.1) is 0 Å². The second-order valence-electron chi connectivity index (χ2n) is 9.49. The molecule has 0 saturated heterocycles.